The fourth-order valence-corrected chi connectivity index (χ4v) is 5.22. The van der Waals surface area contributed by atoms with Crippen molar-refractivity contribution in [1.82, 2.24) is 14.6 Å². The molecule has 0 aliphatic heterocycles. The molecule has 2 aromatic heterocycles. The molecule has 2 aromatic carbocycles. The first kappa shape index (κ1) is 30.6. The minimum Gasteiger partial charge on any atom is -0.494 e. The van der Waals surface area contributed by atoms with Crippen molar-refractivity contribution in [2.75, 3.05) is 25.2 Å². The third-order valence-corrected chi connectivity index (χ3v) is 7.59. The minimum absolute atomic E-state index is 0.0977. The lowest BCUT2D eigenvalue weighted by molar-refractivity contribution is -0.143. The van der Waals surface area contributed by atoms with Gasteiger partial charge < -0.3 is 14.2 Å². The quantitative estimate of drug-likeness (QED) is 0.120. The number of rotatable bonds is 13. The van der Waals surface area contributed by atoms with Crippen LogP contribution in [0, 0.1) is 18.8 Å². The van der Waals surface area contributed by atoms with Gasteiger partial charge in [-0.15, -0.1) is 5.92 Å². The molecular weight excluding hydrogens is 554 g/mol. The van der Waals surface area contributed by atoms with Gasteiger partial charge in [-0.2, -0.15) is 5.10 Å². The van der Waals surface area contributed by atoms with Crippen molar-refractivity contribution in [3.8, 4) is 34.5 Å². The highest BCUT2D eigenvalue weighted by atomic mass is 32.2. The van der Waals surface area contributed by atoms with Crippen LogP contribution in [-0.2, 0) is 26.0 Å². The van der Waals surface area contributed by atoms with Crippen LogP contribution >= 0.6 is 0 Å². The number of aryl methyl sites for hydroxylation is 1. The summed E-state index contributed by atoms with van der Waals surface area (Å²) in [5.41, 5.74) is 5.45. The molecule has 0 N–H and O–H groups in total. The monoisotopic (exact) mass is 589 g/mol. The Hall–Kier alpha value is -4.36. The molecule has 1 unspecified atom stereocenters. The van der Waals surface area contributed by atoms with Crippen LogP contribution in [0.1, 0.15) is 49.3 Å². The van der Waals surface area contributed by atoms with Gasteiger partial charge in [0.1, 0.15) is 34.3 Å². The summed E-state index contributed by atoms with van der Waals surface area (Å²) in [4.78, 5) is 16.4. The van der Waals surface area contributed by atoms with Crippen LogP contribution in [0.4, 0.5) is 0 Å². The Balaban J connectivity index is 1.47. The van der Waals surface area contributed by atoms with Gasteiger partial charge in [-0.05, 0) is 74.2 Å². The summed E-state index contributed by atoms with van der Waals surface area (Å²) in [5.74, 6) is 6.93. The van der Waals surface area contributed by atoms with E-state index in [-0.39, 0.29) is 30.7 Å². The van der Waals surface area contributed by atoms with Crippen molar-refractivity contribution in [2.45, 2.75) is 46.1 Å². The van der Waals surface area contributed by atoms with E-state index in [1.54, 1.807) is 18.4 Å². The van der Waals surface area contributed by atoms with Crippen molar-refractivity contribution in [3.05, 3.63) is 77.7 Å². The van der Waals surface area contributed by atoms with Crippen LogP contribution < -0.4 is 9.47 Å². The van der Waals surface area contributed by atoms with E-state index in [0.717, 1.165) is 27.8 Å². The van der Waals surface area contributed by atoms with E-state index >= 15 is 0 Å². The Kier molecular flexibility index (Phi) is 10.2. The van der Waals surface area contributed by atoms with Crippen molar-refractivity contribution >= 4 is 21.5 Å². The van der Waals surface area contributed by atoms with Crippen LogP contribution in [0.5, 0.6) is 11.5 Å². The molecule has 0 aliphatic carbocycles. The summed E-state index contributed by atoms with van der Waals surface area (Å²) >= 11 is 0. The standard InChI is InChI=1S/C32H35N3O6S/c1-5-8-25(19-31(36)39-6-2)24-9-11-28(12-10-24)41-21-27-18-26(20-35-32(27)33-22-34-35)30-14-13-29(17-23(30)3)40-15-7-16-42(4,37)38/h9-14,17-18,20,22,25H,6-7,15-16,19,21H2,1-4H3. The van der Waals surface area contributed by atoms with E-state index in [2.05, 4.69) is 21.9 Å². The number of benzene rings is 2. The Bertz CT molecular complexity index is 1700. The fraction of sp³-hybridized carbons (Fsp3) is 0.344. The third-order valence-electron chi connectivity index (χ3n) is 6.56. The molecule has 4 rings (SSSR count). The minimum atomic E-state index is -3.01. The first-order chi connectivity index (χ1) is 20.2. The SMILES string of the molecule is CC#CC(CC(=O)OCC)c1ccc(OCc2cc(-c3ccc(OCCCS(C)(=O)=O)cc3C)cn3ncnc23)cc1. The summed E-state index contributed by atoms with van der Waals surface area (Å²) in [6.45, 7) is 6.49. The van der Waals surface area contributed by atoms with Gasteiger partial charge in [-0.25, -0.2) is 17.9 Å². The summed E-state index contributed by atoms with van der Waals surface area (Å²) in [7, 11) is -3.01. The molecule has 10 heteroatoms. The lowest BCUT2D eigenvalue weighted by Crippen LogP contribution is -2.09. The van der Waals surface area contributed by atoms with Crippen LogP contribution in [0.2, 0.25) is 0 Å². The number of fused-ring (bicyclic) bond motifs is 1. The smallest absolute Gasteiger partial charge is 0.307 e. The van der Waals surface area contributed by atoms with Gasteiger partial charge in [-0.3, -0.25) is 4.79 Å². The molecule has 0 radical (unpaired) electrons. The highest BCUT2D eigenvalue weighted by molar-refractivity contribution is 7.90. The Morgan fingerprint density at radius 2 is 1.83 bits per heavy atom. The first-order valence-corrected chi connectivity index (χ1v) is 15.8. The van der Waals surface area contributed by atoms with E-state index in [1.807, 2.05) is 61.7 Å². The molecule has 2 heterocycles. The van der Waals surface area contributed by atoms with Crippen molar-refractivity contribution < 1.29 is 27.4 Å². The molecule has 220 valence electrons. The number of sulfone groups is 1. The number of hydrogen-bond acceptors (Lipinski definition) is 8. The second kappa shape index (κ2) is 14.0. The highest BCUT2D eigenvalue weighted by Crippen LogP contribution is 2.29. The van der Waals surface area contributed by atoms with E-state index in [0.29, 0.717) is 36.8 Å². The van der Waals surface area contributed by atoms with Crippen molar-refractivity contribution in [1.29, 1.82) is 0 Å². The number of nitrogens with zero attached hydrogens (tertiary/aromatic N) is 3. The van der Waals surface area contributed by atoms with Gasteiger partial charge in [0.2, 0.25) is 0 Å². The molecule has 0 saturated carbocycles. The molecule has 0 spiro atoms. The van der Waals surface area contributed by atoms with Gasteiger partial charge in [0.05, 0.1) is 31.3 Å². The lowest BCUT2D eigenvalue weighted by atomic mass is 9.96. The molecule has 0 saturated heterocycles. The highest BCUT2D eigenvalue weighted by Gasteiger charge is 2.16. The summed E-state index contributed by atoms with van der Waals surface area (Å²) < 4.78 is 41.4. The lowest BCUT2D eigenvalue weighted by Gasteiger charge is -2.14. The summed E-state index contributed by atoms with van der Waals surface area (Å²) in [6.07, 6.45) is 5.30. The zero-order valence-electron chi connectivity index (χ0n) is 24.3. The number of carbonyl (C=O) groups excluding carboxylic acids is 1. The van der Waals surface area contributed by atoms with Gasteiger partial charge in [-0.1, -0.05) is 24.1 Å². The maximum absolute atomic E-state index is 12.0. The molecule has 4 aromatic rings. The van der Waals surface area contributed by atoms with Gasteiger partial charge >= 0.3 is 5.97 Å². The van der Waals surface area contributed by atoms with E-state index in [1.165, 1.54) is 12.6 Å². The number of esters is 1. The Morgan fingerprint density at radius 1 is 1.07 bits per heavy atom. The number of ether oxygens (including phenoxy) is 3. The average Bonchev–Trinajstić information content (AvgIpc) is 3.43. The average molecular weight is 590 g/mol. The zero-order chi connectivity index (χ0) is 30.1. The molecule has 42 heavy (non-hydrogen) atoms. The number of aromatic nitrogens is 3. The van der Waals surface area contributed by atoms with Crippen molar-refractivity contribution in [3.63, 3.8) is 0 Å². The number of hydrogen-bond donors (Lipinski definition) is 0. The molecule has 0 aliphatic rings. The van der Waals surface area contributed by atoms with Crippen LogP contribution in [0.25, 0.3) is 16.8 Å². The molecule has 0 bridgehead atoms. The zero-order valence-corrected chi connectivity index (χ0v) is 25.1. The normalized spacial score (nSPS) is 11.9. The maximum atomic E-state index is 12.0. The molecule has 9 nitrogen and oxygen atoms in total. The number of pyridine rings is 1. The number of carbonyl (C=O) groups is 1. The second-order valence-corrected chi connectivity index (χ2v) is 12.2. The third kappa shape index (κ3) is 8.33. The molecule has 0 fully saturated rings. The van der Waals surface area contributed by atoms with E-state index in [9.17, 15) is 13.2 Å². The Morgan fingerprint density at radius 3 is 2.52 bits per heavy atom. The topological polar surface area (TPSA) is 109 Å². The molecular formula is C32H35N3O6S. The van der Waals surface area contributed by atoms with Crippen LogP contribution in [0.3, 0.4) is 0 Å². The van der Waals surface area contributed by atoms with Gasteiger partial charge in [0.15, 0.2) is 5.65 Å². The predicted octanol–water partition coefficient (Wildman–Crippen LogP) is 5.16. The van der Waals surface area contributed by atoms with Crippen LogP contribution in [0.15, 0.2) is 61.1 Å². The largest absolute Gasteiger partial charge is 0.494 e. The van der Waals surface area contributed by atoms with E-state index < -0.39 is 9.84 Å². The fourth-order valence-electron chi connectivity index (χ4n) is 4.58. The Labute approximate surface area is 246 Å². The van der Waals surface area contributed by atoms with Gasteiger partial charge in [0, 0.05) is 23.6 Å². The summed E-state index contributed by atoms with van der Waals surface area (Å²) in [5, 5.41) is 4.35. The summed E-state index contributed by atoms with van der Waals surface area (Å²) in [6, 6.07) is 15.4. The first-order valence-electron chi connectivity index (χ1n) is 13.7. The van der Waals surface area contributed by atoms with Gasteiger partial charge in [0.25, 0.3) is 0 Å². The van der Waals surface area contributed by atoms with Crippen molar-refractivity contribution in [2.24, 2.45) is 0 Å². The predicted molar refractivity (Wildman–Crippen MR) is 161 cm³/mol. The molecule has 1 atom stereocenters. The van der Waals surface area contributed by atoms with E-state index in [4.69, 9.17) is 14.2 Å². The second-order valence-electron chi connectivity index (χ2n) is 9.90. The maximum Gasteiger partial charge on any atom is 0.307 e. The molecule has 0 amide bonds. The van der Waals surface area contributed by atoms with Crippen LogP contribution in [-0.4, -0.2) is 54.2 Å².